The molecule has 0 unspecified atom stereocenters. The van der Waals surface area contributed by atoms with Gasteiger partial charge in [0.25, 0.3) is 0 Å². The fourth-order valence-corrected chi connectivity index (χ4v) is 2.28. The Labute approximate surface area is 132 Å². The molecule has 6 nitrogen and oxygen atoms in total. The summed E-state index contributed by atoms with van der Waals surface area (Å²) in [4.78, 5) is 22.5. The molecule has 23 heavy (non-hydrogen) atoms. The quantitative estimate of drug-likeness (QED) is 0.672. The van der Waals surface area contributed by atoms with Crippen molar-refractivity contribution >= 4 is 17.7 Å². The molecular formula is C17H13N3O3. The minimum Gasteiger partial charge on any atom is -0.348 e. The molecule has 114 valence electrons. The van der Waals surface area contributed by atoms with Crippen molar-refractivity contribution in [1.29, 1.82) is 0 Å². The van der Waals surface area contributed by atoms with Crippen molar-refractivity contribution in [3.05, 3.63) is 93.4 Å². The van der Waals surface area contributed by atoms with Crippen molar-refractivity contribution in [2.75, 3.05) is 5.32 Å². The first kappa shape index (κ1) is 14.5. The third-order valence-corrected chi connectivity index (χ3v) is 3.31. The van der Waals surface area contributed by atoms with E-state index in [1.54, 1.807) is 30.3 Å². The molecule has 1 aliphatic heterocycles. The van der Waals surface area contributed by atoms with Crippen molar-refractivity contribution in [1.82, 2.24) is 5.32 Å². The van der Waals surface area contributed by atoms with Gasteiger partial charge < -0.3 is 10.6 Å². The van der Waals surface area contributed by atoms with Gasteiger partial charge in [0, 0.05) is 5.69 Å². The molecule has 0 radical (unpaired) electrons. The molecular weight excluding hydrogens is 294 g/mol. The summed E-state index contributed by atoms with van der Waals surface area (Å²) in [7, 11) is 0. The van der Waals surface area contributed by atoms with Crippen LogP contribution in [0.25, 0.3) is 6.08 Å². The zero-order chi connectivity index (χ0) is 16.2. The van der Waals surface area contributed by atoms with Crippen LogP contribution in [0.3, 0.4) is 0 Å². The summed E-state index contributed by atoms with van der Waals surface area (Å²) >= 11 is 0. The number of anilines is 1. The summed E-state index contributed by atoms with van der Waals surface area (Å²) in [6, 6.07) is 18.3. The number of para-hydroxylation sites is 1. The minimum atomic E-state index is -0.726. The van der Waals surface area contributed by atoms with E-state index in [2.05, 4.69) is 10.6 Å². The van der Waals surface area contributed by atoms with E-state index in [9.17, 15) is 14.9 Å². The van der Waals surface area contributed by atoms with Crippen LogP contribution in [-0.4, -0.2) is 10.8 Å². The molecule has 0 aromatic heterocycles. The molecule has 2 aromatic carbocycles. The lowest BCUT2D eigenvalue weighted by Crippen LogP contribution is -2.19. The standard InChI is InChI=1S/C17H13N3O3/c21-17-16(20(22)23)15(18-13-9-5-2-6-10-13)14(19-17)11-12-7-3-1-4-8-12/h1-11,18H,(H,19,21)/b14-11-. The van der Waals surface area contributed by atoms with Crippen LogP contribution in [0.1, 0.15) is 5.56 Å². The van der Waals surface area contributed by atoms with Crippen molar-refractivity contribution < 1.29 is 9.72 Å². The lowest BCUT2D eigenvalue weighted by Gasteiger charge is -2.08. The van der Waals surface area contributed by atoms with Gasteiger partial charge in [-0.15, -0.1) is 0 Å². The Morgan fingerprint density at radius 1 is 1.00 bits per heavy atom. The summed E-state index contributed by atoms with van der Waals surface area (Å²) in [5.41, 5.74) is 1.54. The van der Waals surface area contributed by atoms with Crippen LogP contribution in [0.2, 0.25) is 0 Å². The predicted octanol–water partition coefficient (Wildman–Crippen LogP) is 2.76. The van der Waals surface area contributed by atoms with Crippen LogP contribution in [0.4, 0.5) is 5.69 Å². The molecule has 0 aliphatic carbocycles. The number of nitrogens with one attached hydrogen (secondary N) is 2. The average Bonchev–Trinajstić information content (AvgIpc) is 2.85. The second-order valence-electron chi connectivity index (χ2n) is 4.89. The summed E-state index contributed by atoms with van der Waals surface area (Å²) in [6.07, 6.45) is 1.69. The SMILES string of the molecule is O=C1N/C(=C\c2ccccc2)C(Nc2ccccc2)=C1[N+](=O)[O-]. The Kier molecular flexibility index (Phi) is 3.88. The van der Waals surface area contributed by atoms with E-state index in [-0.39, 0.29) is 5.70 Å². The molecule has 0 saturated carbocycles. The second-order valence-corrected chi connectivity index (χ2v) is 4.89. The van der Waals surface area contributed by atoms with Gasteiger partial charge in [-0.05, 0) is 23.8 Å². The Bertz CT molecular complexity index is 811. The van der Waals surface area contributed by atoms with Gasteiger partial charge in [-0.25, -0.2) is 0 Å². The molecule has 3 rings (SSSR count). The number of hydrogen-bond donors (Lipinski definition) is 2. The number of carbonyl (C=O) groups is 1. The number of nitro groups is 1. The monoisotopic (exact) mass is 307 g/mol. The number of hydrogen-bond acceptors (Lipinski definition) is 4. The zero-order valence-electron chi connectivity index (χ0n) is 12.0. The highest BCUT2D eigenvalue weighted by Crippen LogP contribution is 2.25. The molecule has 0 fully saturated rings. The van der Waals surface area contributed by atoms with E-state index in [4.69, 9.17) is 0 Å². The molecule has 0 spiro atoms. The van der Waals surface area contributed by atoms with Gasteiger partial charge in [0.05, 0.1) is 10.6 Å². The maximum absolute atomic E-state index is 11.9. The fraction of sp³-hybridized carbons (Fsp3) is 0. The molecule has 0 saturated heterocycles. The van der Waals surface area contributed by atoms with Gasteiger partial charge in [-0.1, -0.05) is 48.5 Å². The topological polar surface area (TPSA) is 84.3 Å². The fourth-order valence-electron chi connectivity index (χ4n) is 2.28. The van der Waals surface area contributed by atoms with Crippen LogP contribution in [0.15, 0.2) is 77.8 Å². The van der Waals surface area contributed by atoms with Crippen molar-refractivity contribution in [3.8, 4) is 0 Å². The molecule has 6 heteroatoms. The molecule has 2 aromatic rings. The van der Waals surface area contributed by atoms with Crippen LogP contribution < -0.4 is 10.6 Å². The van der Waals surface area contributed by atoms with Gasteiger partial charge >= 0.3 is 11.6 Å². The van der Waals surface area contributed by atoms with Gasteiger partial charge in [0.1, 0.15) is 5.70 Å². The average molecular weight is 307 g/mol. The summed E-state index contributed by atoms with van der Waals surface area (Å²) in [5, 5.41) is 16.7. The lowest BCUT2D eigenvalue weighted by atomic mass is 10.1. The van der Waals surface area contributed by atoms with Crippen molar-refractivity contribution in [2.24, 2.45) is 0 Å². The first-order chi connectivity index (χ1) is 11.1. The summed E-state index contributed by atoms with van der Waals surface area (Å²) in [5.74, 6) is -0.726. The largest absolute Gasteiger partial charge is 0.359 e. The number of carbonyl (C=O) groups excluding carboxylic acids is 1. The zero-order valence-corrected chi connectivity index (χ0v) is 12.0. The van der Waals surface area contributed by atoms with E-state index in [0.29, 0.717) is 11.4 Å². The highest BCUT2D eigenvalue weighted by molar-refractivity contribution is 6.00. The first-order valence-corrected chi connectivity index (χ1v) is 6.94. The van der Waals surface area contributed by atoms with E-state index >= 15 is 0 Å². The van der Waals surface area contributed by atoms with E-state index in [1.165, 1.54) is 0 Å². The second kappa shape index (κ2) is 6.15. The number of rotatable bonds is 4. The molecule has 1 heterocycles. The summed E-state index contributed by atoms with van der Waals surface area (Å²) < 4.78 is 0. The smallest absolute Gasteiger partial charge is 0.348 e. The number of nitrogens with zero attached hydrogens (tertiary/aromatic N) is 1. The molecule has 1 amide bonds. The Balaban J connectivity index is 2.04. The van der Waals surface area contributed by atoms with Gasteiger partial charge in [-0.2, -0.15) is 0 Å². The maximum Gasteiger partial charge on any atom is 0.359 e. The Morgan fingerprint density at radius 2 is 1.61 bits per heavy atom. The van der Waals surface area contributed by atoms with Crippen LogP contribution >= 0.6 is 0 Å². The number of amides is 1. The van der Waals surface area contributed by atoms with E-state index in [0.717, 1.165) is 5.56 Å². The molecule has 2 N–H and O–H groups in total. The van der Waals surface area contributed by atoms with Crippen molar-refractivity contribution in [3.63, 3.8) is 0 Å². The number of benzene rings is 2. The van der Waals surface area contributed by atoms with Crippen LogP contribution in [0.5, 0.6) is 0 Å². The normalized spacial score (nSPS) is 15.7. The molecule has 1 aliphatic rings. The van der Waals surface area contributed by atoms with Gasteiger partial charge in [0.15, 0.2) is 0 Å². The highest BCUT2D eigenvalue weighted by atomic mass is 16.6. The van der Waals surface area contributed by atoms with E-state index in [1.807, 2.05) is 36.4 Å². The van der Waals surface area contributed by atoms with Gasteiger partial charge in [0.2, 0.25) is 0 Å². The Hall–Kier alpha value is -3.41. The van der Waals surface area contributed by atoms with Crippen LogP contribution in [-0.2, 0) is 4.79 Å². The summed E-state index contributed by atoms with van der Waals surface area (Å²) in [6.45, 7) is 0. The predicted molar refractivity (Wildman–Crippen MR) is 86.6 cm³/mol. The van der Waals surface area contributed by atoms with E-state index < -0.39 is 16.5 Å². The molecule has 0 atom stereocenters. The maximum atomic E-state index is 11.9. The third kappa shape index (κ3) is 3.11. The Morgan fingerprint density at radius 3 is 2.22 bits per heavy atom. The lowest BCUT2D eigenvalue weighted by molar-refractivity contribution is -0.419. The highest BCUT2D eigenvalue weighted by Gasteiger charge is 2.37. The van der Waals surface area contributed by atoms with Crippen LogP contribution in [0, 0.1) is 10.1 Å². The molecule has 0 bridgehead atoms. The third-order valence-electron chi connectivity index (χ3n) is 3.31. The van der Waals surface area contributed by atoms with Gasteiger partial charge in [-0.3, -0.25) is 14.9 Å². The van der Waals surface area contributed by atoms with Crippen molar-refractivity contribution in [2.45, 2.75) is 0 Å². The first-order valence-electron chi connectivity index (χ1n) is 6.94. The minimum absolute atomic E-state index is 0.162.